The summed E-state index contributed by atoms with van der Waals surface area (Å²) in [6, 6.07) is 67.6. The lowest BCUT2D eigenvalue weighted by Crippen LogP contribution is -2.34. The van der Waals surface area contributed by atoms with Crippen molar-refractivity contribution in [2.45, 2.75) is 26.2 Å². The molecule has 0 fully saturated rings. The molecule has 0 amide bonds. The summed E-state index contributed by atoms with van der Waals surface area (Å²) in [6.45, 7) is 6.96. The Balaban J connectivity index is 1.23. The van der Waals surface area contributed by atoms with Crippen LogP contribution in [0.25, 0.3) is 33.4 Å². The van der Waals surface area contributed by atoms with Crippen LogP contribution in [0.1, 0.15) is 30.5 Å². The number of fused-ring (bicyclic) bond motifs is 4. The number of hydrogen-bond acceptors (Lipinski definition) is 3. The Morgan fingerprint density at radius 1 is 0.436 bits per heavy atom. The fourth-order valence-electron chi connectivity index (χ4n) is 8.80. The van der Waals surface area contributed by atoms with Gasteiger partial charge in [0, 0.05) is 22.4 Å². The molecule has 0 aliphatic carbocycles. The maximum absolute atomic E-state index is 6.76. The van der Waals surface area contributed by atoms with Crippen LogP contribution in [0.3, 0.4) is 0 Å². The van der Waals surface area contributed by atoms with Gasteiger partial charge in [-0.05, 0) is 100.0 Å². The van der Waals surface area contributed by atoms with E-state index in [-0.39, 0.29) is 0 Å². The van der Waals surface area contributed by atoms with Gasteiger partial charge in [0.2, 0.25) is 0 Å². The van der Waals surface area contributed by atoms with Gasteiger partial charge in [0.15, 0.2) is 11.5 Å². The van der Waals surface area contributed by atoms with Crippen molar-refractivity contribution in [1.82, 2.24) is 0 Å². The molecule has 55 heavy (non-hydrogen) atoms. The molecule has 8 aromatic rings. The molecule has 2 aliphatic heterocycles. The maximum atomic E-state index is 6.76. The predicted octanol–water partition coefficient (Wildman–Crippen LogP) is 14.7. The highest BCUT2D eigenvalue weighted by molar-refractivity contribution is 6.00. The normalized spacial score (nSPS) is 13.3. The van der Waals surface area contributed by atoms with Crippen molar-refractivity contribution >= 4 is 34.1 Å². The molecule has 3 heteroatoms. The van der Waals surface area contributed by atoms with Crippen molar-refractivity contribution in [3.05, 3.63) is 205 Å². The molecule has 0 spiro atoms. The molecule has 0 bridgehead atoms. The lowest BCUT2D eigenvalue weighted by atomic mass is 9.69. The second kappa shape index (κ2) is 12.9. The average Bonchev–Trinajstić information content (AvgIpc) is 3.24. The van der Waals surface area contributed by atoms with Crippen LogP contribution in [-0.2, 0) is 5.41 Å². The number of para-hydroxylation sites is 1. The van der Waals surface area contributed by atoms with Crippen LogP contribution in [0.2, 0.25) is 0 Å². The van der Waals surface area contributed by atoms with E-state index in [9.17, 15) is 0 Å². The summed E-state index contributed by atoms with van der Waals surface area (Å²) >= 11 is 0. The van der Waals surface area contributed by atoms with Crippen molar-refractivity contribution in [2.75, 3.05) is 9.80 Å². The molecule has 3 nitrogen and oxygen atoms in total. The van der Waals surface area contributed by atoms with Gasteiger partial charge in [0.25, 0.3) is 0 Å². The molecule has 264 valence electrons. The molecule has 0 radical (unpaired) electrons. The molecule has 2 aliphatic rings. The Morgan fingerprint density at radius 3 is 1.53 bits per heavy atom. The average molecular weight is 709 g/mol. The second-order valence-electron chi connectivity index (χ2n) is 15.0. The molecular formula is C52H40N2O. The van der Waals surface area contributed by atoms with Crippen LogP contribution in [-0.4, -0.2) is 0 Å². The van der Waals surface area contributed by atoms with E-state index in [4.69, 9.17) is 4.74 Å². The molecule has 10 rings (SSSR count). The van der Waals surface area contributed by atoms with E-state index >= 15 is 0 Å². The third-order valence-corrected chi connectivity index (χ3v) is 11.3. The second-order valence-corrected chi connectivity index (χ2v) is 15.0. The smallest absolute Gasteiger partial charge is 0.151 e. The van der Waals surface area contributed by atoms with Gasteiger partial charge in [-0.2, -0.15) is 0 Å². The van der Waals surface area contributed by atoms with Gasteiger partial charge in [-0.25, -0.2) is 0 Å². The van der Waals surface area contributed by atoms with Gasteiger partial charge in [0.1, 0.15) is 0 Å². The molecule has 2 heterocycles. The quantitative estimate of drug-likeness (QED) is 0.171. The molecule has 0 unspecified atom stereocenters. The van der Waals surface area contributed by atoms with Gasteiger partial charge in [-0.3, -0.25) is 0 Å². The summed E-state index contributed by atoms with van der Waals surface area (Å²) in [5.41, 5.74) is 17.1. The standard InChI is InChI=1S/C52H40N2O/c1-35-15-13-24-46-50(35)54-45-23-14-22-44(49(45)52(2,3)48-43(40-20-11-6-12-21-40)33-34-47(55-46)51(48)54)53(41-29-25-38(26-30-41)36-16-7-4-8-17-36)42-31-27-39(28-32-42)37-18-9-5-10-19-37/h4-34H,1-3H3. The summed E-state index contributed by atoms with van der Waals surface area (Å²) in [5.74, 6) is 1.74. The van der Waals surface area contributed by atoms with Crippen LogP contribution < -0.4 is 14.5 Å². The van der Waals surface area contributed by atoms with Gasteiger partial charge in [-0.1, -0.05) is 153 Å². The SMILES string of the molecule is Cc1cccc2c1N1c3cccc(N(c4ccc(-c5ccccc5)cc4)c4ccc(-c5ccccc5)cc4)c3C(C)(C)c3c(-c4ccccc4)ccc(c31)O2. The minimum atomic E-state index is -0.436. The fraction of sp³-hybridized carbons (Fsp3) is 0.0769. The van der Waals surface area contributed by atoms with Crippen molar-refractivity contribution in [1.29, 1.82) is 0 Å². The highest BCUT2D eigenvalue weighted by atomic mass is 16.5. The number of aryl methyl sites for hydroxylation is 1. The topological polar surface area (TPSA) is 15.7 Å². The number of rotatable bonds is 6. The highest BCUT2D eigenvalue weighted by Crippen LogP contribution is 2.64. The van der Waals surface area contributed by atoms with Gasteiger partial charge < -0.3 is 14.5 Å². The minimum absolute atomic E-state index is 0.436. The maximum Gasteiger partial charge on any atom is 0.151 e. The Kier molecular flexibility index (Phi) is 7.71. The van der Waals surface area contributed by atoms with E-state index in [0.29, 0.717) is 0 Å². The van der Waals surface area contributed by atoms with Gasteiger partial charge >= 0.3 is 0 Å². The van der Waals surface area contributed by atoms with E-state index < -0.39 is 5.41 Å². The Morgan fingerprint density at radius 2 is 0.945 bits per heavy atom. The van der Waals surface area contributed by atoms with Crippen LogP contribution in [0, 0.1) is 6.92 Å². The number of hydrogen-bond donors (Lipinski definition) is 0. The third-order valence-electron chi connectivity index (χ3n) is 11.3. The largest absolute Gasteiger partial charge is 0.453 e. The summed E-state index contributed by atoms with van der Waals surface area (Å²) in [5, 5.41) is 0. The molecule has 0 N–H and O–H groups in total. The number of anilines is 6. The number of nitrogens with zero attached hydrogens (tertiary/aromatic N) is 2. The monoisotopic (exact) mass is 708 g/mol. The van der Waals surface area contributed by atoms with E-state index in [1.807, 2.05) is 0 Å². The molecule has 0 atom stereocenters. The van der Waals surface area contributed by atoms with Crippen molar-refractivity contribution < 1.29 is 4.74 Å². The first-order chi connectivity index (χ1) is 27.0. The minimum Gasteiger partial charge on any atom is -0.453 e. The lowest BCUT2D eigenvalue weighted by molar-refractivity contribution is 0.471. The van der Waals surface area contributed by atoms with Crippen LogP contribution in [0.4, 0.5) is 34.1 Å². The first kappa shape index (κ1) is 32.8. The van der Waals surface area contributed by atoms with Crippen molar-refractivity contribution in [3.8, 4) is 44.9 Å². The van der Waals surface area contributed by atoms with E-state index in [1.54, 1.807) is 0 Å². The fourth-order valence-corrected chi connectivity index (χ4v) is 8.80. The number of benzene rings is 8. The molecular weight excluding hydrogens is 669 g/mol. The third kappa shape index (κ3) is 5.34. The Hall–Kier alpha value is -6.84. The van der Waals surface area contributed by atoms with Gasteiger partial charge in [-0.15, -0.1) is 0 Å². The van der Waals surface area contributed by atoms with Crippen molar-refractivity contribution in [3.63, 3.8) is 0 Å². The Labute approximate surface area is 323 Å². The summed E-state index contributed by atoms with van der Waals surface area (Å²) < 4.78 is 6.76. The number of ether oxygens (including phenoxy) is 1. The summed E-state index contributed by atoms with van der Waals surface area (Å²) in [6.07, 6.45) is 0. The zero-order valence-corrected chi connectivity index (χ0v) is 31.2. The first-order valence-electron chi connectivity index (χ1n) is 19.0. The molecule has 0 aromatic heterocycles. The highest BCUT2D eigenvalue weighted by Gasteiger charge is 2.45. The zero-order chi connectivity index (χ0) is 37.1. The van der Waals surface area contributed by atoms with Crippen LogP contribution >= 0.6 is 0 Å². The summed E-state index contributed by atoms with van der Waals surface area (Å²) in [4.78, 5) is 4.92. The van der Waals surface area contributed by atoms with Crippen molar-refractivity contribution in [2.24, 2.45) is 0 Å². The molecule has 0 saturated heterocycles. The van der Waals surface area contributed by atoms with E-state index in [1.165, 1.54) is 50.1 Å². The Bertz CT molecular complexity index is 2600. The molecule has 8 aromatic carbocycles. The lowest BCUT2D eigenvalue weighted by Gasteiger charge is -2.47. The van der Waals surface area contributed by atoms with Crippen LogP contribution in [0.5, 0.6) is 11.5 Å². The van der Waals surface area contributed by atoms with E-state index in [0.717, 1.165) is 45.6 Å². The molecule has 0 saturated carbocycles. The first-order valence-corrected chi connectivity index (χ1v) is 19.0. The van der Waals surface area contributed by atoms with E-state index in [2.05, 4.69) is 219 Å². The summed E-state index contributed by atoms with van der Waals surface area (Å²) in [7, 11) is 0. The predicted molar refractivity (Wildman–Crippen MR) is 229 cm³/mol. The van der Waals surface area contributed by atoms with Gasteiger partial charge in [0.05, 0.1) is 22.7 Å². The zero-order valence-electron chi connectivity index (χ0n) is 31.2. The van der Waals surface area contributed by atoms with Crippen LogP contribution in [0.15, 0.2) is 188 Å².